The van der Waals surface area contributed by atoms with E-state index in [9.17, 15) is 4.79 Å². The van der Waals surface area contributed by atoms with E-state index in [1.165, 1.54) is 19.3 Å². The predicted molar refractivity (Wildman–Crippen MR) is 96.2 cm³/mol. The molecule has 0 bridgehead atoms. The number of amides is 2. The van der Waals surface area contributed by atoms with Crippen molar-refractivity contribution in [3.63, 3.8) is 0 Å². The first-order valence-corrected chi connectivity index (χ1v) is 9.11. The molecule has 1 aliphatic heterocycles. The predicted octanol–water partition coefficient (Wildman–Crippen LogP) is 2.63. The number of hydrogen-bond acceptors (Lipinski definition) is 5. The van der Waals surface area contributed by atoms with Crippen molar-refractivity contribution in [3.05, 3.63) is 23.8 Å². The molecule has 1 fully saturated rings. The van der Waals surface area contributed by atoms with E-state index >= 15 is 0 Å². The van der Waals surface area contributed by atoms with Gasteiger partial charge < -0.3 is 10.2 Å². The Hall–Kier alpha value is -2.15. The zero-order chi connectivity index (χ0) is 17.6. The average Bonchev–Trinajstić information content (AvgIpc) is 3.10. The molecule has 0 saturated carbocycles. The first-order chi connectivity index (χ1) is 12.2. The fraction of sp³-hybridized carbons (Fsp3) is 0.611. The smallest absolute Gasteiger partial charge is 0.317 e. The van der Waals surface area contributed by atoms with E-state index < -0.39 is 0 Å². The Morgan fingerprint density at radius 2 is 2.04 bits per heavy atom. The van der Waals surface area contributed by atoms with Crippen molar-refractivity contribution >= 4 is 17.1 Å². The monoisotopic (exact) mass is 345 g/mol. The van der Waals surface area contributed by atoms with Gasteiger partial charge in [0.25, 0.3) is 0 Å². The van der Waals surface area contributed by atoms with Gasteiger partial charge in [0, 0.05) is 26.2 Å². The fourth-order valence-electron chi connectivity index (χ4n) is 3.43. The third-order valence-electron chi connectivity index (χ3n) is 4.95. The number of urea groups is 1. The zero-order valence-corrected chi connectivity index (χ0v) is 15.1. The highest BCUT2D eigenvalue weighted by Crippen LogP contribution is 2.15. The van der Waals surface area contributed by atoms with Gasteiger partial charge in [0.2, 0.25) is 0 Å². The molecule has 3 rings (SSSR count). The molecule has 7 heteroatoms. The number of carbonyl (C=O) groups excluding carboxylic acids is 1. The van der Waals surface area contributed by atoms with Crippen molar-refractivity contribution in [3.8, 4) is 0 Å². The molecule has 1 aromatic carbocycles. The highest BCUT2D eigenvalue weighted by atomic mass is 16.6. The van der Waals surface area contributed by atoms with Crippen LogP contribution in [0.15, 0.2) is 22.8 Å². The minimum Gasteiger partial charge on any atom is -0.336 e. The fourth-order valence-corrected chi connectivity index (χ4v) is 3.43. The Bertz CT molecular complexity index is 696. The van der Waals surface area contributed by atoms with Crippen molar-refractivity contribution in [2.24, 2.45) is 0 Å². The molecule has 1 atom stereocenters. The molecule has 2 heterocycles. The first-order valence-electron chi connectivity index (χ1n) is 9.11. The molecule has 2 amide bonds. The second-order valence-electron chi connectivity index (χ2n) is 6.79. The normalized spacial score (nSPS) is 16.7. The van der Waals surface area contributed by atoms with Gasteiger partial charge in [0.05, 0.1) is 0 Å². The minimum absolute atomic E-state index is 0.0474. The lowest BCUT2D eigenvalue weighted by molar-refractivity contribution is 0.152. The Morgan fingerprint density at radius 1 is 1.28 bits per heavy atom. The van der Waals surface area contributed by atoms with Crippen LogP contribution in [-0.2, 0) is 6.54 Å². The van der Waals surface area contributed by atoms with E-state index in [-0.39, 0.29) is 6.03 Å². The van der Waals surface area contributed by atoms with E-state index in [1.807, 2.05) is 25.2 Å². The number of piperidine rings is 1. The van der Waals surface area contributed by atoms with Gasteiger partial charge in [0.1, 0.15) is 11.0 Å². The van der Waals surface area contributed by atoms with Crippen LogP contribution >= 0.6 is 0 Å². The minimum atomic E-state index is -0.0474. The van der Waals surface area contributed by atoms with E-state index in [0.29, 0.717) is 24.6 Å². The number of nitrogens with one attached hydrogen (secondary N) is 1. The molecule has 2 aromatic rings. The SMILES string of the molecule is CC[C@@H](CNC(=O)N(C)Cc1ccc2nonc2c1)N1CCCCC1. The number of carbonyl (C=O) groups is 1. The summed E-state index contributed by atoms with van der Waals surface area (Å²) in [5.41, 5.74) is 2.44. The van der Waals surface area contributed by atoms with Gasteiger partial charge in [-0.05, 0) is 60.4 Å². The average molecular weight is 345 g/mol. The van der Waals surface area contributed by atoms with Gasteiger partial charge in [-0.2, -0.15) is 0 Å². The summed E-state index contributed by atoms with van der Waals surface area (Å²) in [6, 6.07) is 6.08. The second-order valence-corrected chi connectivity index (χ2v) is 6.79. The summed E-state index contributed by atoms with van der Waals surface area (Å²) >= 11 is 0. The molecule has 0 aliphatic carbocycles. The van der Waals surface area contributed by atoms with Crippen LogP contribution in [0.25, 0.3) is 11.0 Å². The van der Waals surface area contributed by atoms with E-state index in [2.05, 4.69) is 27.5 Å². The Balaban J connectivity index is 1.51. The van der Waals surface area contributed by atoms with Crippen LogP contribution in [0.4, 0.5) is 4.79 Å². The number of fused-ring (bicyclic) bond motifs is 1. The van der Waals surface area contributed by atoms with Crippen molar-refractivity contribution in [2.45, 2.75) is 45.2 Å². The van der Waals surface area contributed by atoms with Crippen LogP contribution < -0.4 is 5.32 Å². The second kappa shape index (κ2) is 8.29. The maximum Gasteiger partial charge on any atom is 0.317 e. The Labute approximate surface area is 148 Å². The molecule has 1 saturated heterocycles. The largest absolute Gasteiger partial charge is 0.336 e. The molecule has 0 radical (unpaired) electrons. The molecule has 1 N–H and O–H groups in total. The molecule has 7 nitrogen and oxygen atoms in total. The molecule has 25 heavy (non-hydrogen) atoms. The number of rotatable bonds is 6. The third kappa shape index (κ3) is 4.48. The molecule has 1 aromatic heterocycles. The van der Waals surface area contributed by atoms with Crippen molar-refractivity contribution in [2.75, 3.05) is 26.7 Å². The van der Waals surface area contributed by atoms with Gasteiger partial charge in [-0.1, -0.05) is 19.4 Å². The first kappa shape index (κ1) is 17.7. The summed E-state index contributed by atoms with van der Waals surface area (Å²) in [7, 11) is 1.81. The molecule has 136 valence electrons. The quantitative estimate of drug-likeness (QED) is 0.871. The highest BCUT2D eigenvalue weighted by Gasteiger charge is 2.20. The third-order valence-corrected chi connectivity index (χ3v) is 4.95. The Kier molecular flexibility index (Phi) is 5.86. The zero-order valence-electron chi connectivity index (χ0n) is 15.1. The van der Waals surface area contributed by atoms with Crippen LogP contribution in [0.1, 0.15) is 38.2 Å². The number of nitrogens with zero attached hydrogens (tertiary/aromatic N) is 4. The van der Waals surface area contributed by atoms with Crippen molar-refractivity contribution in [1.29, 1.82) is 0 Å². The van der Waals surface area contributed by atoms with Crippen LogP contribution in [0, 0.1) is 0 Å². The molecular formula is C18H27N5O2. The van der Waals surface area contributed by atoms with Crippen LogP contribution in [0.2, 0.25) is 0 Å². The van der Waals surface area contributed by atoms with Gasteiger partial charge in [-0.15, -0.1) is 0 Å². The summed E-state index contributed by atoms with van der Waals surface area (Å²) in [6.45, 7) is 5.71. The van der Waals surface area contributed by atoms with Crippen LogP contribution in [0.5, 0.6) is 0 Å². The topological polar surface area (TPSA) is 74.5 Å². The lowest BCUT2D eigenvalue weighted by atomic mass is 10.1. The molecule has 1 aliphatic rings. The molecular weight excluding hydrogens is 318 g/mol. The standard InChI is InChI=1S/C18H27N5O2/c1-3-15(23-9-5-4-6-10-23)12-19-18(24)22(2)13-14-7-8-16-17(11-14)21-25-20-16/h7-8,11,15H,3-6,9-10,12-13H2,1-2H3,(H,19,24)/t15-/m0/s1. The number of aromatic nitrogens is 2. The molecule has 0 unspecified atom stereocenters. The summed E-state index contributed by atoms with van der Waals surface area (Å²) in [6.07, 6.45) is 4.92. The van der Waals surface area contributed by atoms with Crippen molar-refractivity contribution < 1.29 is 9.42 Å². The summed E-state index contributed by atoms with van der Waals surface area (Å²) < 4.78 is 4.71. The summed E-state index contributed by atoms with van der Waals surface area (Å²) in [5.74, 6) is 0. The lowest BCUT2D eigenvalue weighted by Crippen LogP contribution is -2.48. The van der Waals surface area contributed by atoms with Crippen molar-refractivity contribution in [1.82, 2.24) is 25.4 Å². The van der Waals surface area contributed by atoms with Crippen LogP contribution in [0.3, 0.4) is 0 Å². The maximum atomic E-state index is 12.4. The molecule has 0 spiro atoms. The van der Waals surface area contributed by atoms with Gasteiger partial charge >= 0.3 is 6.03 Å². The highest BCUT2D eigenvalue weighted by molar-refractivity contribution is 5.75. The maximum absolute atomic E-state index is 12.4. The van der Waals surface area contributed by atoms with E-state index in [4.69, 9.17) is 4.63 Å². The lowest BCUT2D eigenvalue weighted by Gasteiger charge is -2.34. The number of hydrogen-bond donors (Lipinski definition) is 1. The summed E-state index contributed by atoms with van der Waals surface area (Å²) in [5, 5.41) is 10.7. The van der Waals surface area contributed by atoms with Crippen LogP contribution in [-0.4, -0.2) is 58.9 Å². The number of benzene rings is 1. The Morgan fingerprint density at radius 3 is 2.80 bits per heavy atom. The number of likely N-dealkylation sites (tertiary alicyclic amines) is 1. The van der Waals surface area contributed by atoms with Gasteiger partial charge in [0.15, 0.2) is 0 Å². The van der Waals surface area contributed by atoms with E-state index in [0.717, 1.165) is 30.6 Å². The summed E-state index contributed by atoms with van der Waals surface area (Å²) in [4.78, 5) is 16.6. The van der Waals surface area contributed by atoms with E-state index in [1.54, 1.807) is 4.90 Å². The van der Waals surface area contributed by atoms with Gasteiger partial charge in [-0.25, -0.2) is 9.42 Å². The van der Waals surface area contributed by atoms with Gasteiger partial charge in [-0.3, -0.25) is 4.90 Å².